The van der Waals surface area contributed by atoms with Gasteiger partial charge in [-0.2, -0.15) is 0 Å². The van der Waals surface area contributed by atoms with Gasteiger partial charge in [0, 0.05) is 24.6 Å². The van der Waals surface area contributed by atoms with Gasteiger partial charge in [0.05, 0.1) is 12.2 Å². The number of likely N-dealkylation sites (tertiary alicyclic amines) is 1. The normalized spacial score (nSPS) is 14.3. The van der Waals surface area contributed by atoms with Crippen LogP contribution in [-0.4, -0.2) is 47.4 Å². The van der Waals surface area contributed by atoms with E-state index in [-0.39, 0.29) is 35.9 Å². The van der Waals surface area contributed by atoms with Crippen LogP contribution in [0.2, 0.25) is 0 Å². The van der Waals surface area contributed by atoms with E-state index in [0.29, 0.717) is 37.2 Å². The molecule has 7 nitrogen and oxygen atoms in total. The summed E-state index contributed by atoms with van der Waals surface area (Å²) in [7, 11) is 0. The Hall–Kier alpha value is -3.35. The average molecular weight is 395 g/mol. The summed E-state index contributed by atoms with van der Waals surface area (Å²) >= 11 is 0. The molecule has 0 aromatic heterocycles. The quantitative estimate of drug-likeness (QED) is 0.677. The van der Waals surface area contributed by atoms with Gasteiger partial charge in [0.25, 0.3) is 5.91 Å². The molecule has 1 fully saturated rings. The molecule has 0 radical (unpaired) electrons. The fourth-order valence-electron chi connectivity index (χ4n) is 3.28. The van der Waals surface area contributed by atoms with E-state index in [9.17, 15) is 19.5 Å². The van der Waals surface area contributed by atoms with Gasteiger partial charge in [0.1, 0.15) is 5.75 Å². The molecular weight excluding hydrogens is 370 g/mol. The molecule has 0 saturated carbocycles. The molecule has 0 unspecified atom stereocenters. The van der Waals surface area contributed by atoms with Gasteiger partial charge in [0.15, 0.2) is 0 Å². The first-order valence-corrected chi connectivity index (χ1v) is 9.65. The number of carbonyl (C=O) groups excluding carboxylic acids is 3. The monoisotopic (exact) mass is 395 g/mol. The standard InChI is InChI=1S/C22H25N3O4/c1-15-6-8-16(9-7-15)21(28)23-14-20(27)25-12-10-17(11-13-25)22(29)24-18-4-2-3-5-19(18)26/h2-9,17,26H,10-14H2,1H3,(H,23,28)(H,24,29). The van der Waals surface area contributed by atoms with Crippen molar-refractivity contribution in [3.63, 3.8) is 0 Å². The van der Waals surface area contributed by atoms with E-state index in [4.69, 9.17) is 0 Å². The summed E-state index contributed by atoms with van der Waals surface area (Å²) in [5.41, 5.74) is 1.96. The van der Waals surface area contributed by atoms with Gasteiger partial charge < -0.3 is 20.6 Å². The zero-order chi connectivity index (χ0) is 20.8. The molecule has 2 aromatic rings. The summed E-state index contributed by atoms with van der Waals surface area (Å²) in [5.74, 6) is -0.801. The van der Waals surface area contributed by atoms with Crippen molar-refractivity contribution in [2.75, 3.05) is 25.0 Å². The highest BCUT2D eigenvalue weighted by Crippen LogP contribution is 2.24. The number of benzene rings is 2. The molecule has 1 saturated heterocycles. The third kappa shape index (κ3) is 5.34. The SMILES string of the molecule is Cc1ccc(C(=O)NCC(=O)N2CCC(C(=O)Nc3ccccc3O)CC2)cc1. The maximum atomic E-state index is 12.4. The maximum Gasteiger partial charge on any atom is 0.251 e. The molecular formula is C22H25N3O4. The summed E-state index contributed by atoms with van der Waals surface area (Å²) in [6.45, 7) is 2.79. The fraction of sp³-hybridized carbons (Fsp3) is 0.318. The second-order valence-electron chi connectivity index (χ2n) is 7.21. The molecule has 0 bridgehead atoms. The number of para-hydroxylation sites is 2. The van der Waals surface area contributed by atoms with Crippen molar-refractivity contribution in [1.82, 2.24) is 10.2 Å². The molecule has 1 aliphatic rings. The Balaban J connectivity index is 1.44. The predicted octanol–water partition coefficient (Wildman–Crippen LogP) is 2.31. The van der Waals surface area contributed by atoms with E-state index in [2.05, 4.69) is 10.6 Å². The number of piperidine rings is 1. The number of rotatable bonds is 5. The summed E-state index contributed by atoms with van der Waals surface area (Å²) in [6, 6.07) is 13.7. The molecule has 3 rings (SSSR count). The van der Waals surface area contributed by atoms with Gasteiger partial charge in [-0.1, -0.05) is 29.8 Å². The highest BCUT2D eigenvalue weighted by atomic mass is 16.3. The van der Waals surface area contributed by atoms with Crippen LogP contribution in [0.25, 0.3) is 0 Å². The first-order chi connectivity index (χ1) is 13.9. The lowest BCUT2D eigenvalue weighted by molar-refractivity contribution is -0.133. The highest BCUT2D eigenvalue weighted by Gasteiger charge is 2.27. The minimum Gasteiger partial charge on any atom is -0.506 e. The fourth-order valence-corrected chi connectivity index (χ4v) is 3.28. The third-order valence-corrected chi connectivity index (χ3v) is 5.09. The number of hydrogen-bond acceptors (Lipinski definition) is 4. The number of phenols is 1. The number of carbonyl (C=O) groups is 3. The number of amides is 3. The van der Waals surface area contributed by atoms with Gasteiger partial charge >= 0.3 is 0 Å². The van der Waals surface area contributed by atoms with Crippen molar-refractivity contribution in [3.8, 4) is 5.75 Å². The van der Waals surface area contributed by atoms with Crippen LogP contribution in [0.5, 0.6) is 5.75 Å². The maximum absolute atomic E-state index is 12.4. The van der Waals surface area contributed by atoms with Crippen molar-refractivity contribution in [2.45, 2.75) is 19.8 Å². The number of nitrogens with zero attached hydrogens (tertiary/aromatic N) is 1. The van der Waals surface area contributed by atoms with Crippen molar-refractivity contribution >= 4 is 23.4 Å². The molecule has 1 aliphatic heterocycles. The van der Waals surface area contributed by atoms with Gasteiger partial charge in [-0.3, -0.25) is 14.4 Å². The first kappa shape index (κ1) is 20.4. The van der Waals surface area contributed by atoms with E-state index >= 15 is 0 Å². The molecule has 0 atom stereocenters. The number of anilines is 1. The molecule has 1 heterocycles. The van der Waals surface area contributed by atoms with Crippen LogP contribution < -0.4 is 10.6 Å². The molecule has 7 heteroatoms. The lowest BCUT2D eigenvalue weighted by atomic mass is 9.95. The summed E-state index contributed by atoms with van der Waals surface area (Å²) < 4.78 is 0. The zero-order valence-electron chi connectivity index (χ0n) is 16.4. The Kier molecular flexibility index (Phi) is 6.49. The number of hydrogen-bond donors (Lipinski definition) is 3. The Morgan fingerprint density at radius 3 is 2.34 bits per heavy atom. The highest BCUT2D eigenvalue weighted by molar-refractivity contribution is 5.96. The van der Waals surface area contributed by atoms with Crippen LogP contribution in [0.3, 0.4) is 0 Å². The Morgan fingerprint density at radius 1 is 1.03 bits per heavy atom. The second kappa shape index (κ2) is 9.23. The molecule has 3 amide bonds. The van der Waals surface area contributed by atoms with Crippen LogP contribution in [0.15, 0.2) is 48.5 Å². The lowest BCUT2D eigenvalue weighted by Gasteiger charge is -2.31. The summed E-state index contributed by atoms with van der Waals surface area (Å²) in [5, 5.41) is 15.2. The van der Waals surface area contributed by atoms with Gasteiger partial charge in [-0.15, -0.1) is 0 Å². The Bertz CT molecular complexity index is 887. The van der Waals surface area contributed by atoms with E-state index in [0.717, 1.165) is 5.56 Å². The second-order valence-corrected chi connectivity index (χ2v) is 7.21. The average Bonchev–Trinajstić information content (AvgIpc) is 2.74. The molecule has 3 N–H and O–H groups in total. The largest absolute Gasteiger partial charge is 0.506 e. The van der Waals surface area contributed by atoms with E-state index in [1.807, 2.05) is 19.1 Å². The number of nitrogens with one attached hydrogen (secondary N) is 2. The lowest BCUT2D eigenvalue weighted by Crippen LogP contribution is -2.45. The third-order valence-electron chi connectivity index (χ3n) is 5.09. The minimum absolute atomic E-state index is 0.0257. The van der Waals surface area contributed by atoms with Crippen LogP contribution in [0, 0.1) is 12.8 Å². The van der Waals surface area contributed by atoms with Crippen molar-refractivity contribution in [3.05, 3.63) is 59.7 Å². The van der Waals surface area contributed by atoms with Crippen LogP contribution in [-0.2, 0) is 9.59 Å². The predicted molar refractivity (Wildman–Crippen MR) is 110 cm³/mol. The zero-order valence-corrected chi connectivity index (χ0v) is 16.4. The van der Waals surface area contributed by atoms with Crippen molar-refractivity contribution in [2.24, 2.45) is 5.92 Å². The molecule has 0 spiro atoms. The number of aryl methyl sites for hydroxylation is 1. The Morgan fingerprint density at radius 2 is 1.69 bits per heavy atom. The summed E-state index contributed by atoms with van der Waals surface area (Å²) in [6.07, 6.45) is 1.08. The van der Waals surface area contributed by atoms with Crippen LogP contribution in [0.4, 0.5) is 5.69 Å². The minimum atomic E-state index is -0.282. The van der Waals surface area contributed by atoms with E-state index in [1.54, 1.807) is 35.2 Å². The molecule has 2 aromatic carbocycles. The molecule has 0 aliphatic carbocycles. The van der Waals surface area contributed by atoms with E-state index < -0.39 is 0 Å². The van der Waals surface area contributed by atoms with E-state index in [1.165, 1.54) is 6.07 Å². The topological polar surface area (TPSA) is 98.7 Å². The van der Waals surface area contributed by atoms with Crippen LogP contribution >= 0.6 is 0 Å². The molecule has 29 heavy (non-hydrogen) atoms. The van der Waals surface area contributed by atoms with Gasteiger partial charge in [-0.25, -0.2) is 0 Å². The van der Waals surface area contributed by atoms with Crippen molar-refractivity contribution in [1.29, 1.82) is 0 Å². The van der Waals surface area contributed by atoms with Crippen molar-refractivity contribution < 1.29 is 19.5 Å². The van der Waals surface area contributed by atoms with Gasteiger partial charge in [-0.05, 0) is 44.0 Å². The molecule has 152 valence electrons. The smallest absolute Gasteiger partial charge is 0.251 e. The Labute approximate surface area is 169 Å². The number of aromatic hydroxyl groups is 1. The summed E-state index contributed by atoms with van der Waals surface area (Å²) in [4.78, 5) is 38.6. The number of phenolic OH excluding ortho intramolecular Hbond substituents is 1. The van der Waals surface area contributed by atoms with Crippen LogP contribution in [0.1, 0.15) is 28.8 Å². The first-order valence-electron chi connectivity index (χ1n) is 9.65. The van der Waals surface area contributed by atoms with Gasteiger partial charge in [0.2, 0.25) is 11.8 Å².